The maximum atomic E-state index is 15.0. The van der Waals surface area contributed by atoms with Crippen LogP contribution in [0.15, 0.2) is 98.1 Å². The molecular weight excluding hydrogens is 580 g/mol. The smallest absolute Gasteiger partial charge is 0.312 e. The minimum atomic E-state index is -1.22. The van der Waals surface area contributed by atoms with Gasteiger partial charge in [-0.25, -0.2) is 0 Å². The lowest BCUT2D eigenvalue weighted by Gasteiger charge is -2.39. The number of carbonyl (C=O) groups is 3. The fourth-order valence-corrected chi connectivity index (χ4v) is 7.77. The third kappa shape index (κ3) is 5.65. The van der Waals surface area contributed by atoms with Gasteiger partial charge in [0.15, 0.2) is 0 Å². The normalized spacial score (nSPS) is 25.3. The van der Waals surface area contributed by atoms with Gasteiger partial charge in [0, 0.05) is 12.2 Å². The summed E-state index contributed by atoms with van der Waals surface area (Å²) in [6.45, 7) is 7.76. The van der Waals surface area contributed by atoms with E-state index in [0.717, 1.165) is 29.2 Å². The summed E-state index contributed by atoms with van der Waals surface area (Å²) in [6, 6.07) is 21.6. The maximum Gasteiger partial charge on any atom is 0.312 e. The fourth-order valence-electron chi connectivity index (χ4n) is 7.77. The number of anilines is 1. The van der Waals surface area contributed by atoms with Crippen molar-refractivity contribution < 1.29 is 29.0 Å². The molecule has 8 heteroatoms. The first-order chi connectivity index (χ1) is 22.4. The van der Waals surface area contributed by atoms with Crippen LogP contribution < -0.4 is 4.90 Å². The summed E-state index contributed by atoms with van der Waals surface area (Å²) in [5, 5.41) is 12.8. The lowest BCUT2D eigenvalue weighted by molar-refractivity contribution is -0.156. The zero-order valence-corrected chi connectivity index (χ0v) is 26.1. The van der Waals surface area contributed by atoms with Crippen LogP contribution in [0, 0.1) is 11.8 Å². The quantitative estimate of drug-likeness (QED) is 0.150. The molecule has 3 aromatic rings. The molecule has 6 atom stereocenters. The first-order valence-electron chi connectivity index (χ1n) is 16.3. The third-order valence-electron chi connectivity index (χ3n) is 9.83. The van der Waals surface area contributed by atoms with Gasteiger partial charge in [-0.2, -0.15) is 0 Å². The van der Waals surface area contributed by atoms with E-state index in [1.807, 2.05) is 78.9 Å². The SMILES string of the molecule is C=CCCCCOC(=O)[C@@H]1[C@H]2C(=O)N([C@@H](CO)Cc3ccccc3)C(C(=O)N(CC=C)c3ccc4ccccc4c3)C23CC[C@H]1O3. The summed E-state index contributed by atoms with van der Waals surface area (Å²) in [5.74, 6) is -2.83. The Hall–Kier alpha value is -4.27. The van der Waals surface area contributed by atoms with Gasteiger partial charge in [-0.05, 0) is 67.0 Å². The van der Waals surface area contributed by atoms with Crippen molar-refractivity contribution >= 4 is 34.2 Å². The van der Waals surface area contributed by atoms with Crippen LogP contribution in [0.3, 0.4) is 0 Å². The number of unbranched alkanes of at least 4 members (excludes halogenated alkanes) is 2. The molecule has 0 aliphatic carbocycles. The highest BCUT2D eigenvalue weighted by molar-refractivity contribution is 6.05. The Morgan fingerprint density at radius 3 is 2.54 bits per heavy atom. The molecule has 46 heavy (non-hydrogen) atoms. The highest BCUT2D eigenvalue weighted by atomic mass is 16.6. The molecule has 240 valence electrons. The Morgan fingerprint density at radius 2 is 1.80 bits per heavy atom. The van der Waals surface area contributed by atoms with Gasteiger partial charge in [0.05, 0.1) is 37.2 Å². The molecule has 3 fully saturated rings. The van der Waals surface area contributed by atoms with Gasteiger partial charge in [-0.1, -0.05) is 72.8 Å². The number of fused-ring (bicyclic) bond motifs is 2. The number of nitrogens with zero attached hydrogens (tertiary/aromatic N) is 2. The molecular formula is C38H42N2O6. The van der Waals surface area contributed by atoms with E-state index in [1.54, 1.807) is 11.0 Å². The number of ether oxygens (including phenoxy) is 2. The van der Waals surface area contributed by atoms with Crippen LogP contribution >= 0.6 is 0 Å². The molecule has 6 rings (SSSR count). The van der Waals surface area contributed by atoms with Crippen LogP contribution in [0.25, 0.3) is 10.8 Å². The number of hydrogen-bond acceptors (Lipinski definition) is 6. The van der Waals surface area contributed by atoms with E-state index >= 15 is 0 Å². The number of rotatable bonds is 14. The van der Waals surface area contributed by atoms with Gasteiger partial charge in [0.2, 0.25) is 5.91 Å². The molecule has 8 nitrogen and oxygen atoms in total. The Balaban J connectivity index is 1.38. The van der Waals surface area contributed by atoms with Gasteiger partial charge in [-0.3, -0.25) is 14.4 Å². The van der Waals surface area contributed by atoms with E-state index in [1.165, 1.54) is 4.90 Å². The Bertz CT molecular complexity index is 1610. The zero-order valence-electron chi connectivity index (χ0n) is 26.1. The van der Waals surface area contributed by atoms with Crippen molar-refractivity contribution in [2.45, 2.75) is 62.3 Å². The number of hydrogen-bond donors (Lipinski definition) is 1. The predicted molar refractivity (Wildman–Crippen MR) is 177 cm³/mol. The topological polar surface area (TPSA) is 96.4 Å². The summed E-state index contributed by atoms with van der Waals surface area (Å²) >= 11 is 0. The standard InChI is InChI=1S/C38H42N2O6/c1-3-5-6-12-22-45-37(44)32-31-19-20-38(46-31)33(32)35(42)40(30(25-41)23-26-13-8-7-9-14-26)34(38)36(43)39(21-4-2)29-18-17-27-15-10-11-16-28(27)24-29/h3-4,7-11,13-18,24,30-34,41H,1-2,5-6,12,19-23,25H2/t30-,31-,32+,33+,34?,38?/m1/s1. The highest BCUT2D eigenvalue weighted by Crippen LogP contribution is 2.59. The number of likely N-dealkylation sites (tertiary alicyclic amines) is 1. The minimum absolute atomic E-state index is 0.207. The van der Waals surface area contributed by atoms with Crippen LogP contribution in [0.2, 0.25) is 0 Å². The summed E-state index contributed by atoms with van der Waals surface area (Å²) in [4.78, 5) is 46.4. The van der Waals surface area contributed by atoms with Crippen molar-refractivity contribution in [1.29, 1.82) is 0 Å². The molecule has 1 N–H and O–H groups in total. The van der Waals surface area contributed by atoms with Gasteiger partial charge < -0.3 is 24.4 Å². The molecule has 2 unspecified atom stereocenters. The van der Waals surface area contributed by atoms with Crippen molar-refractivity contribution in [3.63, 3.8) is 0 Å². The second-order valence-electron chi connectivity index (χ2n) is 12.5. The van der Waals surface area contributed by atoms with Gasteiger partial charge in [-0.15, -0.1) is 13.2 Å². The second-order valence-corrected chi connectivity index (χ2v) is 12.5. The molecule has 3 saturated heterocycles. The zero-order chi connectivity index (χ0) is 32.3. The van der Waals surface area contributed by atoms with Crippen LogP contribution in [0.1, 0.15) is 37.7 Å². The van der Waals surface area contributed by atoms with E-state index in [4.69, 9.17) is 9.47 Å². The molecule has 2 bridgehead atoms. The van der Waals surface area contributed by atoms with Crippen molar-refractivity contribution in [3.05, 3.63) is 104 Å². The molecule has 2 amide bonds. The molecule has 3 aliphatic rings. The average molecular weight is 623 g/mol. The molecule has 3 heterocycles. The molecule has 0 saturated carbocycles. The van der Waals surface area contributed by atoms with Crippen LogP contribution in [-0.4, -0.2) is 71.3 Å². The third-order valence-corrected chi connectivity index (χ3v) is 9.83. The fraction of sp³-hybridized carbons (Fsp3) is 0.395. The molecule has 0 radical (unpaired) electrons. The molecule has 3 aliphatic heterocycles. The van der Waals surface area contributed by atoms with Gasteiger partial charge in [0.1, 0.15) is 11.6 Å². The van der Waals surface area contributed by atoms with E-state index in [2.05, 4.69) is 13.2 Å². The average Bonchev–Trinajstić information content (AvgIpc) is 3.73. The number of allylic oxidation sites excluding steroid dienone is 1. The predicted octanol–water partition coefficient (Wildman–Crippen LogP) is 5.24. The van der Waals surface area contributed by atoms with E-state index in [9.17, 15) is 19.5 Å². The number of carbonyl (C=O) groups excluding carboxylic acids is 3. The number of aliphatic hydroxyl groups excluding tert-OH is 1. The van der Waals surface area contributed by atoms with E-state index in [0.29, 0.717) is 31.4 Å². The first-order valence-corrected chi connectivity index (χ1v) is 16.3. The first kappa shape index (κ1) is 31.7. The Labute approximate surface area is 270 Å². The number of amides is 2. The Kier molecular flexibility index (Phi) is 9.38. The van der Waals surface area contributed by atoms with Crippen LogP contribution in [0.4, 0.5) is 5.69 Å². The summed E-state index contributed by atoms with van der Waals surface area (Å²) in [5.41, 5.74) is 0.377. The van der Waals surface area contributed by atoms with E-state index in [-0.39, 0.29) is 31.6 Å². The minimum Gasteiger partial charge on any atom is -0.465 e. The molecule has 1 spiro atoms. The van der Waals surface area contributed by atoms with Gasteiger partial charge >= 0.3 is 5.97 Å². The number of benzene rings is 3. The largest absolute Gasteiger partial charge is 0.465 e. The molecule has 0 aromatic heterocycles. The van der Waals surface area contributed by atoms with Crippen LogP contribution in [-0.2, 0) is 30.3 Å². The Morgan fingerprint density at radius 1 is 1.04 bits per heavy atom. The van der Waals surface area contributed by atoms with Crippen LogP contribution in [0.5, 0.6) is 0 Å². The van der Waals surface area contributed by atoms with Crippen molar-refractivity contribution in [2.24, 2.45) is 11.8 Å². The summed E-state index contributed by atoms with van der Waals surface area (Å²) in [6.07, 6.45) is 6.69. The lowest BCUT2D eigenvalue weighted by atomic mass is 9.70. The van der Waals surface area contributed by atoms with Crippen molar-refractivity contribution in [2.75, 3.05) is 24.7 Å². The highest BCUT2D eigenvalue weighted by Gasteiger charge is 2.75. The summed E-state index contributed by atoms with van der Waals surface area (Å²) in [7, 11) is 0. The summed E-state index contributed by atoms with van der Waals surface area (Å²) < 4.78 is 12.4. The number of aliphatic hydroxyl groups is 1. The monoisotopic (exact) mass is 622 g/mol. The number of esters is 1. The van der Waals surface area contributed by atoms with E-state index < -0.39 is 41.6 Å². The van der Waals surface area contributed by atoms with Crippen molar-refractivity contribution in [1.82, 2.24) is 4.90 Å². The lowest BCUT2D eigenvalue weighted by Crippen LogP contribution is -2.59. The maximum absolute atomic E-state index is 15.0. The van der Waals surface area contributed by atoms with Gasteiger partial charge in [0.25, 0.3) is 5.91 Å². The van der Waals surface area contributed by atoms with Crippen molar-refractivity contribution in [3.8, 4) is 0 Å². The molecule has 3 aromatic carbocycles. The second kappa shape index (κ2) is 13.6.